The van der Waals surface area contributed by atoms with Gasteiger partial charge in [-0.2, -0.15) is 0 Å². The molecule has 0 bridgehead atoms. The summed E-state index contributed by atoms with van der Waals surface area (Å²) in [7, 11) is 0. The first kappa shape index (κ1) is 18.4. The molecule has 2 aromatic heterocycles. The molecule has 1 aliphatic heterocycles. The molecule has 1 aromatic carbocycles. The molecule has 0 radical (unpaired) electrons. The molecule has 0 saturated carbocycles. The van der Waals surface area contributed by atoms with Gasteiger partial charge in [-0.15, -0.1) is 11.3 Å². The lowest BCUT2D eigenvalue weighted by Crippen LogP contribution is -2.33. The zero-order valence-corrected chi connectivity index (χ0v) is 15.9. The Kier molecular flexibility index (Phi) is 5.48. The number of rotatable bonds is 5. The number of nitrogens with zero attached hydrogens (tertiary/aromatic N) is 3. The van der Waals surface area contributed by atoms with Crippen molar-refractivity contribution in [2.24, 2.45) is 5.92 Å². The highest BCUT2D eigenvalue weighted by molar-refractivity contribution is 7.09. The average Bonchev–Trinajstić information content (AvgIpc) is 3.38. The van der Waals surface area contributed by atoms with Crippen LogP contribution in [0.2, 0.25) is 0 Å². The molecule has 1 unspecified atom stereocenters. The van der Waals surface area contributed by atoms with Gasteiger partial charge in [-0.3, -0.25) is 0 Å². The number of pyridine rings is 1. The van der Waals surface area contributed by atoms with Gasteiger partial charge in [0.2, 0.25) is 5.88 Å². The Morgan fingerprint density at radius 3 is 2.82 bits per heavy atom. The van der Waals surface area contributed by atoms with Crippen LogP contribution < -0.4 is 10.1 Å². The number of hydrogen-bond donors (Lipinski definition) is 1. The molecule has 1 fully saturated rings. The third-order valence-electron chi connectivity index (χ3n) is 4.54. The quantitative estimate of drug-likeness (QED) is 0.684. The zero-order chi connectivity index (χ0) is 19.3. The summed E-state index contributed by atoms with van der Waals surface area (Å²) in [6.45, 7) is 1.46. The van der Waals surface area contributed by atoms with Gasteiger partial charge in [0.1, 0.15) is 11.6 Å². The van der Waals surface area contributed by atoms with Crippen LogP contribution in [0.1, 0.15) is 11.4 Å². The standard InChI is InChI=1S/C20H19FN4O2S/c21-15-1-4-17(5-2-15)27-18-6-3-16(12-23-18)24-20(26)25-9-7-14(13-25)11-19-22-8-10-28-19/h1-6,8,10,12,14H,7,9,11,13H2,(H,24,26). The molecule has 144 valence electrons. The van der Waals surface area contributed by atoms with Gasteiger partial charge in [-0.1, -0.05) is 0 Å². The number of aromatic nitrogens is 2. The smallest absolute Gasteiger partial charge is 0.321 e. The van der Waals surface area contributed by atoms with Gasteiger partial charge in [0.25, 0.3) is 0 Å². The fraction of sp³-hybridized carbons (Fsp3) is 0.250. The third-order valence-corrected chi connectivity index (χ3v) is 5.35. The summed E-state index contributed by atoms with van der Waals surface area (Å²) < 4.78 is 18.5. The molecule has 6 nitrogen and oxygen atoms in total. The number of hydrogen-bond acceptors (Lipinski definition) is 5. The number of halogens is 1. The van der Waals surface area contributed by atoms with Crippen LogP contribution in [0.15, 0.2) is 54.2 Å². The minimum atomic E-state index is -0.325. The molecular formula is C20H19FN4O2S. The van der Waals surface area contributed by atoms with E-state index in [-0.39, 0.29) is 11.8 Å². The summed E-state index contributed by atoms with van der Waals surface area (Å²) in [6.07, 6.45) is 5.25. The monoisotopic (exact) mass is 398 g/mol. The number of anilines is 1. The number of thiazole rings is 1. The summed E-state index contributed by atoms with van der Waals surface area (Å²) >= 11 is 1.66. The number of amides is 2. The van der Waals surface area contributed by atoms with E-state index in [9.17, 15) is 9.18 Å². The maximum absolute atomic E-state index is 12.9. The molecule has 0 aliphatic carbocycles. The third kappa shape index (κ3) is 4.64. The largest absolute Gasteiger partial charge is 0.439 e. The van der Waals surface area contributed by atoms with E-state index in [2.05, 4.69) is 15.3 Å². The van der Waals surface area contributed by atoms with Crippen LogP contribution in [-0.4, -0.2) is 34.0 Å². The highest BCUT2D eigenvalue weighted by atomic mass is 32.1. The number of benzene rings is 1. The van der Waals surface area contributed by atoms with Crippen LogP contribution in [0.4, 0.5) is 14.9 Å². The average molecular weight is 398 g/mol. The second kappa shape index (κ2) is 8.35. The summed E-state index contributed by atoms with van der Waals surface area (Å²) in [5.41, 5.74) is 0.597. The van der Waals surface area contributed by atoms with E-state index in [0.29, 0.717) is 23.2 Å². The van der Waals surface area contributed by atoms with Crippen molar-refractivity contribution in [1.29, 1.82) is 0 Å². The summed E-state index contributed by atoms with van der Waals surface area (Å²) in [6, 6.07) is 8.96. The Balaban J connectivity index is 1.29. The van der Waals surface area contributed by atoms with Crippen LogP contribution >= 0.6 is 11.3 Å². The molecule has 1 saturated heterocycles. The Morgan fingerprint density at radius 2 is 2.11 bits per heavy atom. The predicted octanol–water partition coefficient (Wildman–Crippen LogP) is 4.57. The number of nitrogens with one attached hydrogen (secondary N) is 1. The van der Waals surface area contributed by atoms with Gasteiger partial charge in [0.15, 0.2) is 0 Å². The Hall–Kier alpha value is -3.00. The minimum Gasteiger partial charge on any atom is -0.439 e. The Bertz CT molecular complexity index is 916. The topological polar surface area (TPSA) is 67.3 Å². The number of ether oxygens (including phenoxy) is 1. The van der Waals surface area contributed by atoms with Crippen molar-refractivity contribution >= 4 is 23.1 Å². The maximum atomic E-state index is 12.9. The van der Waals surface area contributed by atoms with Gasteiger partial charge in [0, 0.05) is 37.2 Å². The van der Waals surface area contributed by atoms with Crippen LogP contribution in [0, 0.1) is 11.7 Å². The maximum Gasteiger partial charge on any atom is 0.321 e. The molecule has 0 spiro atoms. The highest BCUT2D eigenvalue weighted by Gasteiger charge is 2.27. The van der Waals surface area contributed by atoms with Crippen LogP contribution in [0.5, 0.6) is 11.6 Å². The first-order chi connectivity index (χ1) is 13.7. The normalized spacial score (nSPS) is 16.2. The lowest BCUT2D eigenvalue weighted by molar-refractivity contribution is 0.221. The first-order valence-corrected chi connectivity index (χ1v) is 9.87. The fourth-order valence-electron chi connectivity index (χ4n) is 3.12. The van der Waals surface area contributed by atoms with E-state index in [4.69, 9.17) is 4.74 Å². The van der Waals surface area contributed by atoms with Gasteiger partial charge in [-0.25, -0.2) is 19.2 Å². The first-order valence-electron chi connectivity index (χ1n) is 8.99. The summed E-state index contributed by atoms with van der Waals surface area (Å²) in [5, 5.41) is 5.96. The van der Waals surface area contributed by atoms with E-state index in [1.54, 1.807) is 29.7 Å². The minimum absolute atomic E-state index is 0.129. The van der Waals surface area contributed by atoms with Gasteiger partial charge < -0.3 is 15.0 Å². The lowest BCUT2D eigenvalue weighted by Gasteiger charge is -2.17. The van der Waals surface area contributed by atoms with Crippen molar-refractivity contribution in [3.63, 3.8) is 0 Å². The molecular weight excluding hydrogens is 379 g/mol. The van der Waals surface area contributed by atoms with Crippen LogP contribution in [0.3, 0.4) is 0 Å². The van der Waals surface area contributed by atoms with Crippen molar-refractivity contribution in [3.05, 3.63) is 65.0 Å². The molecule has 3 heterocycles. The molecule has 4 rings (SSSR count). The van der Waals surface area contributed by atoms with E-state index in [0.717, 1.165) is 30.9 Å². The second-order valence-corrected chi connectivity index (χ2v) is 7.58. The van der Waals surface area contributed by atoms with E-state index < -0.39 is 0 Å². The van der Waals surface area contributed by atoms with Crippen molar-refractivity contribution in [2.75, 3.05) is 18.4 Å². The van der Waals surface area contributed by atoms with Crippen molar-refractivity contribution in [1.82, 2.24) is 14.9 Å². The Labute approximate surface area is 166 Å². The SMILES string of the molecule is O=C(Nc1ccc(Oc2ccc(F)cc2)nc1)N1CCC(Cc2nccs2)C1. The predicted molar refractivity (Wildman–Crippen MR) is 105 cm³/mol. The summed E-state index contributed by atoms with van der Waals surface area (Å²) in [4.78, 5) is 22.8. The molecule has 2 amide bonds. The molecule has 1 atom stereocenters. The van der Waals surface area contributed by atoms with Crippen LogP contribution in [0.25, 0.3) is 0 Å². The van der Waals surface area contributed by atoms with Crippen molar-refractivity contribution < 1.29 is 13.9 Å². The number of urea groups is 1. The van der Waals surface area contributed by atoms with Crippen molar-refractivity contribution in [3.8, 4) is 11.6 Å². The number of carbonyl (C=O) groups is 1. The van der Waals surface area contributed by atoms with Gasteiger partial charge in [0.05, 0.1) is 16.9 Å². The summed E-state index contributed by atoms with van der Waals surface area (Å²) in [5.74, 6) is 0.985. The number of carbonyl (C=O) groups excluding carboxylic acids is 1. The van der Waals surface area contributed by atoms with Crippen LogP contribution in [-0.2, 0) is 6.42 Å². The second-order valence-electron chi connectivity index (χ2n) is 6.60. The van der Waals surface area contributed by atoms with E-state index >= 15 is 0 Å². The zero-order valence-electron chi connectivity index (χ0n) is 15.0. The Morgan fingerprint density at radius 1 is 1.25 bits per heavy atom. The highest BCUT2D eigenvalue weighted by Crippen LogP contribution is 2.24. The molecule has 8 heteroatoms. The van der Waals surface area contributed by atoms with E-state index in [1.165, 1.54) is 24.3 Å². The van der Waals surface area contributed by atoms with E-state index in [1.807, 2.05) is 16.5 Å². The van der Waals surface area contributed by atoms with Gasteiger partial charge in [-0.05, 0) is 42.7 Å². The fourth-order valence-corrected chi connectivity index (χ4v) is 3.86. The lowest BCUT2D eigenvalue weighted by atomic mass is 10.1. The molecule has 3 aromatic rings. The van der Waals surface area contributed by atoms with Gasteiger partial charge >= 0.3 is 6.03 Å². The molecule has 28 heavy (non-hydrogen) atoms. The molecule has 1 aliphatic rings. The number of likely N-dealkylation sites (tertiary alicyclic amines) is 1. The molecule has 1 N–H and O–H groups in total. The van der Waals surface area contributed by atoms with Crippen molar-refractivity contribution in [2.45, 2.75) is 12.8 Å².